The molecule has 202 valence electrons. The first kappa shape index (κ1) is 25.0. The molecule has 0 saturated carbocycles. The maximum absolute atomic E-state index is 13.2. The van der Waals surface area contributed by atoms with Crippen LogP contribution in [0.25, 0.3) is 11.0 Å². The number of H-pyrrole nitrogens is 1. The topological polar surface area (TPSA) is 140 Å². The third-order valence-corrected chi connectivity index (χ3v) is 7.25. The first-order valence-electron chi connectivity index (χ1n) is 13.1. The lowest BCUT2D eigenvalue weighted by Crippen LogP contribution is -2.44. The van der Waals surface area contributed by atoms with Gasteiger partial charge < -0.3 is 24.7 Å². The second kappa shape index (κ2) is 10.4. The molecule has 5 heterocycles. The lowest BCUT2D eigenvalue weighted by Gasteiger charge is -2.20. The molecule has 1 aromatic carbocycles. The molecule has 2 aliphatic rings. The van der Waals surface area contributed by atoms with Crippen LogP contribution in [0.4, 0.5) is 0 Å². The Morgan fingerprint density at radius 3 is 2.97 bits per heavy atom. The molecule has 39 heavy (non-hydrogen) atoms. The zero-order valence-electron chi connectivity index (χ0n) is 21.9. The number of aromatic amines is 1. The summed E-state index contributed by atoms with van der Waals surface area (Å²) in [5, 5.41) is 11.3. The van der Waals surface area contributed by atoms with Gasteiger partial charge in [0.05, 0.1) is 42.5 Å². The molecule has 1 saturated heterocycles. The number of hydrogen-bond donors (Lipinski definition) is 2. The van der Waals surface area contributed by atoms with Gasteiger partial charge in [-0.15, -0.1) is 5.10 Å². The van der Waals surface area contributed by atoms with Crippen molar-refractivity contribution in [3.05, 3.63) is 65.0 Å². The van der Waals surface area contributed by atoms with Crippen LogP contribution in [0.1, 0.15) is 39.6 Å². The van der Waals surface area contributed by atoms with Crippen LogP contribution >= 0.6 is 0 Å². The van der Waals surface area contributed by atoms with Gasteiger partial charge >= 0.3 is 0 Å². The van der Waals surface area contributed by atoms with Gasteiger partial charge in [0.1, 0.15) is 18.1 Å². The average molecular weight is 531 g/mol. The monoisotopic (exact) mass is 530 g/mol. The van der Waals surface area contributed by atoms with E-state index in [2.05, 4.69) is 56.6 Å². The van der Waals surface area contributed by atoms with E-state index < -0.39 is 12.1 Å². The number of aromatic nitrogens is 6. The van der Waals surface area contributed by atoms with Crippen molar-refractivity contribution in [3.63, 3.8) is 0 Å². The number of pyridine rings is 1. The number of nitrogens with one attached hydrogen (secondary N) is 2. The number of likely N-dealkylation sites (tertiary alicyclic amines) is 1. The summed E-state index contributed by atoms with van der Waals surface area (Å²) in [6.45, 7) is 5.77. The van der Waals surface area contributed by atoms with Crippen LogP contribution in [0.3, 0.4) is 0 Å². The van der Waals surface area contributed by atoms with Crippen LogP contribution in [0.2, 0.25) is 0 Å². The smallest absolute Gasteiger partial charge is 0.274 e. The van der Waals surface area contributed by atoms with Gasteiger partial charge in [-0.2, -0.15) is 0 Å². The molecule has 12 nitrogen and oxygen atoms in total. The molecule has 0 spiro atoms. The lowest BCUT2D eigenvalue weighted by atomic mass is 10.1. The molecule has 2 aliphatic heterocycles. The summed E-state index contributed by atoms with van der Waals surface area (Å²) >= 11 is 0. The van der Waals surface area contributed by atoms with Gasteiger partial charge in [0.2, 0.25) is 5.91 Å². The van der Waals surface area contributed by atoms with Gasteiger partial charge in [-0.25, -0.2) is 14.6 Å². The van der Waals surface area contributed by atoms with Crippen molar-refractivity contribution in [2.24, 2.45) is 0 Å². The van der Waals surface area contributed by atoms with Gasteiger partial charge in [-0.3, -0.25) is 9.59 Å². The van der Waals surface area contributed by atoms with Crippen LogP contribution in [-0.4, -0.2) is 78.5 Å². The minimum atomic E-state index is -0.425. The Labute approximate surface area is 224 Å². The third kappa shape index (κ3) is 5.32. The SMILES string of the molecule is Cc1cc2nc(CCC(=O)N3C[C@@H]4NC(=O)c5ncccc5OCCn5cc(nn5)CO[C@H]4C3)[nH]c2cc1C. The maximum atomic E-state index is 13.2. The minimum Gasteiger partial charge on any atom is -0.489 e. The molecule has 0 aliphatic carbocycles. The van der Waals surface area contributed by atoms with Gasteiger partial charge in [-0.05, 0) is 49.2 Å². The Morgan fingerprint density at radius 2 is 2.08 bits per heavy atom. The van der Waals surface area contributed by atoms with E-state index in [9.17, 15) is 9.59 Å². The summed E-state index contributed by atoms with van der Waals surface area (Å²) in [7, 11) is 0. The fraction of sp³-hybridized carbons (Fsp3) is 0.407. The molecular formula is C27H30N8O4. The van der Waals surface area contributed by atoms with Gasteiger partial charge in [0, 0.05) is 32.1 Å². The van der Waals surface area contributed by atoms with E-state index in [1.807, 2.05) is 0 Å². The normalized spacial score (nSPS) is 19.6. The second-order valence-electron chi connectivity index (χ2n) is 10.0. The third-order valence-electron chi connectivity index (χ3n) is 7.25. The van der Waals surface area contributed by atoms with E-state index >= 15 is 0 Å². The molecule has 1 fully saturated rings. The number of amides is 2. The van der Waals surface area contributed by atoms with Crippen molar-refractivity contribution in [2.45, 2.75) is 52.0 Å². The molecule has 2 amide bonds. The van der Waals surface area contributed by atoms with E-state index in [4.69, 9.17) is 9.47 Å². The zero-order valence-corrected chi connectivity index (χ0v) is 21.9. The second-order valence-corrected chi connectivity index (χ2v) is 10.0. The van der Waals surface area contributed by atoms with E-state index in [1.54, 1.807) is 34.1 Å². The molecule has 2 bridgehead atoms. The number of rotatable bonds is 3. The van der Waals surface area contributed by atoms with Crippen molar-refractivity contribution in [3.8, 4) is 5.75 Å². The number of carbonyl (C=O) groups is 2. The fourth-order valence-electron chi connectivity index (χ4n) is 4.98. The summed E-state index contributed by atoms with van der Waals surface area (Å²) in [5.41, 5.74) is 5.10. The van der Waals surface area contributed by atoms with Crippen LogP contribution in [0.5, 0.6) is 5.75 Å². The van der Waals surface area contributed by atoms with Crippen molar-refractivity contribution < 1.29 is 19.1 Å². The zero-order chi connectivity index (χ0) is 26.9. The molecule has 2 atom stereocenters. The van der Waals surface area contributed by atoms with Gasteiger partial charge in [0.15, 0.2) is 11.4 Å². The first-order valence-corrected chi connectivity index (χ1v) is 13.1. The standard InChI is InChI=1S/C27H30N8O4/c1-16-10-19-20(11-17(16)2)30-24(29-19)5-6-25(36)34-13-21-23(14-34)39-15-18-12-35(33-32-18)8-9-38-22-4-3-7-28-26(22)27(37)31-21/h3-4,7,10-12,21,23H,5-6,8-9,13-15H2,1-2H3,(H,29,30)(H,31,37)/t21-,23-/m0/s1. The van der Waals surface area contributed by atoms with Crippen molar-refractivity contribution in [1.29, 1.82) is 0 Å². The van der Waals surface area contributed by atoms with Crippen molar-refractivity contribution in [1.82, 2.24) is 40.2 Å². The highest BCUT2D eigenvalue weighted by Crippen LogP contribution is 2.22. The number of fused-ring (bicyclic) bond motifs is 5. The predicted molar refractivity (Wildman–Crippen MR) is 140 cm³/mol. The van der Waals surface area contributed by atoms with Crippen LogP contribution < -0.4 is 10.1 Å². The quantitative estimate of drug-likeness (QED) is 0.408. The van der Waals surface area contributed by atoms with Crippen molar-refractivity contribution >= 4 is 22.8 Å². The highest BCUT2D eigenvalue weighted by atomic mass is 16.5. The van der Waals surface area contributed by atoms with Crippen LogP contribution in [0, 0.1) is 13.8 Å². The first-order chi connectivity index (χ1) is 18.9. The molecular weight excluding hydrogens is 500 g/mol. The van der Waals surface area contributed by atoms with Crippen LogP contribution in [-0.2, 0) is 29.1 Å². The van der Waals surface area contributed by atoms with E-state index in [0.717, 1.165) is 16.9 Å². The molecule has 12 heteroatoms. The predicted octanol–water partition coefficient (Wildman–Crippen LogP) is 1.72. The Balaban J connectivity index is 1.17. The highest BCUT2D eigenvalue weighted by molar-refractivity contribution is 5.95. The maximum Gasteiger partial charge on any atom is 0.274 e. The molecule has 6 rings (SSSR count). The number of nitrogens with zero attached hydrogens (tertiary/aromatic N) is 6. The van der Waals surface area contributed by atoms with Crippen LogP contribution in [0.15, 0.2) is 36.7 Å². The number of carbonyl (C=O) groups excluding carboxylic acids is 2. The summed E-state index contributed by atoms with van der Waals surface area (Å²) in [6.07, 6.45) is 3.71. The largest absolute Gasteiger partial charge is 0.489 e. The van der Waals surface area contributed by atoms with E-state index in [1.165, 1.54) is 11.1 Å². The molecule has 3 aromatic heterocycles. The minimum absolute atomic E-state index is 0.0288. The number of hydrogen-bond acceptors (Lipinski definition) is 8. The highest BCUT2D eigenvalue weighted by Gasteiger charge is 2.37. The Morgan fingerprint density at radius 1 is 1.21 bits per heavy atom. The summed E-state index contributed by atoms with van der Waals surface area (Å²) in [6, 6.07) is 7.14. The molecule has 0 unspecified atom stereocenters. The molecule has 4 aromatic rings. The molecule has 0 radical (unpaired) electrons. The lowest BCUT2D eigenvalue weighted by molar-refractivity contribution is -0.130. The number of benzene rings is 1. The number of imidazole rings is 1. The number of aryl methyl sites for hydroxylation is 3. The Hall–Kier alpha value is -4.32. The Kier molecular flexibility index (Phi) is 6.69. The summed E-state index contributed by atoms with van der Waals surface area (Å²) in [5.74, 6) is 0.752. The average Bonchev–Trinajstić information content (AvgIpc) is 3.65. The fourth-order valence-corrected chi connectivity index (χ4v) is 4.98. The van der Waals surface area contributed by atoms with E-state index in [-0.39, 0.29) is 30.5 Å². The van der Waals surface area contributed by atoms with Gasteiger partial charge in [-0.1, -0.05) is 5.21 Å². The summed E-state index contributed by atoms with van der Waals surface area (Å²) < 4.78 is 13.7. The summed E-state index contributed by atoms with van der Waals surface area (Å²) in [4.78, 5) is 40.4. The Bertz CT molecular complexity index is 1490. The van der Waals surface area contributed by atoms with Gasteiger partial charge in [0.25, 0.3) is 5.91 Å². The van der Waals surface area contributed by atoms with Crippen molar-refractivity contribution in [2.75, 3.05) is 19.7 Å². The number of ether oxygens (including phenoxy) is 2. The van der Waals surface area contributed by atoms with E-state index in [0.29, 0.717) is 44.1 Å². The molecule has 2 N–H and O–H groups in total.